The number of esters is 1. The van der Waals surface area contributed by atoms with Gasteiger partial charge in [0.15, 0.2) is 5.69 Å². The van der Waals surface area contributed by atoms with Gasteiger partial charge in [0.1, 0.15) is 5.60 Å². The van der Waals surface area contributed by atoms with E-state index in [1.807, 2.05) is 20.8 Å². The number of fused-ring (bicyclic) bond motifs is 1. The number of carbonyl (C=O) groups excluding carboxylic acids is 2. The molecule has 110 valence electrons. The predicted molar refractivity (Wildman–Crippen MR) is 70.3 cm³/mol. The zero-order chi connectivity index (χ0) is 14.9. The highest BCUT2D eigenvalue weighted by Gasteiger charge is 2.30. The van der Waals surface area contributed by atoms with E-state index in [0.717, 1.165) is 11.3 Å². The smallest absolute Gasteiger partial charge is 0.410 e. The van der Waals surface area contributed by atoms with Crippen LogP contribution in [0.25, 0.3) is 0 Å². The molecule has 1 aromatic heterocycles. The lowest BCUT2D eigenvalue weighted by molar-refractivity contribution is 0.0221. The number of rotatable bonds is 1. The van der Waals surface area contributed by atoms with Crippen LogP contribution in [0.5, 0.6) is 0 Å². The fraction of sp³-hybridized carbons (Fsp3) is 0.615. The molecule has 0 saturated carbocycles. The third kappa shape index (κ3) is 2.92. The molecule has 1 aliphatic rings. The summed E-state index contributed by atoms with van der Waals surface area (Å²) in [6.45, 7) is 6.32. The second-order valence-corrected chi connectivity index (χ2v) is 5.67. The third-order valence-corrected chi connectivity index (χ3v) is 2.96. The number of hydrogen-bond donors (Lipinski definition) is 1. The Morgan fingerprint density at radius 3 is 2.65 bits per heavy atom. The van der Waals surface area contributed by atoms with Crippen molar-refractivity contribution < 1.29 is 19.1 Å². The van der Waals surface area contributed by atoms with E-state index >= 15 is 0 Å². The molecule has 0 unspecified atom stereocenters. The van der Waals surface area contributed by atoms with E-state index in [9.17, 15) is 9.59 Å². The summed E-state index contributed by atoms with van der Waals surface area (Å²) in [5.74, 6) is -0.465. The summed E-state index contributed by atoms with van der Waals surface area (Å²) in [5, 5.41) is 6.75. The van der Waals surface area contributed by atoms with Crippen LogP contribution in [0.1, 0.15) is 42.5 Å². The van der Waals surface area contributed by atoms with Crippen molar-refractivity contribution >= 4 is 12.1 Å². The molecule has 2 rings (SSSR count). The predicted octanol–water partition coefficient (Wildman–Crippen LogP) is 1.49. The van der Waals surface area contributed by atoms with E-state index in [4.69, 9.17) is 4.74 Å². The quantitative estimate of drug-likeness (QED) is 0.788. The van der Waals surface area contributed by atoms with Crippen molar-refractivity contribution in [3.05, 3.63) is 17.0 Å². The van der Waals surface area contributed by atoms with Crippen LogP contribution in [-0.2, 0) is 22.4 Å². The van der Waals surface area contributed by atoms with Gasteiger partial charge in [0.2, 0.25) is 0 Å². The summed E-state index contributed by atoms with van der Waals surface area (Å²) in [6.07, 6.45) is 0.188. The van der Waals surface area contributed by atoms with E-state index in [-0.39, 0.29) is 6.09 Å². The molecule has 1 aromatic rings. The van der Waals surface area contributed by atoms with Crippen molar-refractivity contribution in [1.29, 1.82) is 0 Å². The Morgan fingerprint density at radius 2 is 2.05 bits per heavy atom. The third-order valence-electron chi connectivity index (χ3n) is 2.96. The number of aromatic amines is 1. The summed E-state index contributed by atoms with van der Waals surface area (Å²) in [7, 11) is 1.32. The van der Waals surface area contributed by atoms with Crippen LogP contribution in [0.3, 0.4) is 0 Å². The number of methoxy groups -OCH3 is 1. The Labute approximate surface area is 117 Å². The number of amides is 1. The van der Waals surface area contributed by atoms with Gasteiger partial charge in [0, 0.05) is 12.1 Å². The molecular weight excluding hydrogens is 262 g/mol. The molecule has 0 saturated heterocycles. The fourth-order valence-corrected chi connectivity index (χ4v) is 2.07. The molecule has 0 aliphatic carbocycles. The van der Waals surface area contributed by atoms with E-state index in [1.165, 1.54) is 7.11 Å². The second-order valence-electron chi connectivity index (χ2n) is 5.67. The number of nitrogens with one attached hydrogen (secondary N) is 1. The van der Waals surface area contributed by atoms with E-state index in [0.29, 0.717) is 25.2 Å². The van der Waals surface area contributed by atoms with Crippen molar-refractivity contribution in [3.8, 4) is 0 Å². The number of hydrogen-bond acceptors (Lipinski definition) is 5. The van der Waals surface area contributed by atoms with Crippen LogP contribution < -0.4 is 0 Å². The van der Waals surface area contributed by atoms with Crippen LogP contribution in [0.2, 0.25) is 0 Å². The Kier molecular flexibility index (Phi) is 3.69. The van der Waals surface area contributed by atoms with Crippen molar-refractivity contribution in [2.24, 2.45) is 0 Å². The molecule has 20 heavy (non-hydrogen) atoms. The number of nitrogens with zero attached hydrogens (tertiary/aromatic N) is 2. The standard InChI is InChI=1S/C13H19N3O4/c1-13(2,3)20-12(18)16-6-5-8-9(7-16)14-15-10(8)11(17)19-4/h5-7H2,1-4H3,(H,14,15). The van der Waals surface area contributed by atoms with E-state index in [1.54, 1.807) is 4.90 Å². The molecule has 7 nitrogen and oxygen atoms in total. The molecule has 0 fully saturated rings. The van der Waals surface area contributed by atoms with Crippen LogP contribution in [-0.4, -0.2) is 46.4 Å². The molecule has 0 aromatic carbocycles. The molecule has 0 atom stereocenters. The van der Waals surface area contributed by atoms with Crippen LogP contribution in [0.4, 0.5) is 4.79 Å². The first kappa shape index (κ1) is 14.4. The molecular formula is C13H19N3O4. The van der Waals surface area contributed by atoms with E-state index < -0.39 is 11.6 Å². The van der Waals surface area contributed by atoms with Gasteiger partial charge in [0.25, 0.3) is 0 Å². The summed E-state index contributed by atoms with van der Waals surface area (Å²) in [4.78, 5) is 25.1. The largest absolute Gasteiger partial charge is 0.464 e. The molecule has 7 heteroatoms. The lowest BCUT2D eigenvalue weighted by Crippen LogP contribution is -2.40. The Balaban J connectivity index is 2.11. The fourth-order valence-electron chi connectivity index (χ4n) is 2.07. The van der Waals surface area contributed by atoms with Gasteiger partial charge in [-0.25, -0.2) is 9.59 Å². The van der Waals surface area contributed by atoms with Gasteiger partial charge in [-0.1, -0.05) is 0 Å². The van der Waals surface area contributed by atoms with Gasteiger partial charge in [-0.3, -0.25) is 5.10 Å². The topological polar surface area (TPSA) is 84.5 Å². The molecule has 1 aliphatic heterocycles. The molecule has 2 heterocycles. The maximum Gasteiger partial charge on any atom is 0.410 e. The molecule has 0 spiro atoms. The normalized spacial score (nSPS) is 14.7. The summed E-state index contributed by atoms with van der Waals surface area (Å²) in [6, 6.07) is 0. The second kappa shape index (κ2) is 5.15. The summed E-state index contributed by atoms with van der Waals surface area (Å²) < 4.78 is 10.0. The SMILES string of the molecule is COC(=O)c1n[nH]c2c1CCN(C(=O)OC(C)(C)C)C2. The minimum Gasteiger partial charge on any atom is -0.464 e. The van der Waals surface area contributed by atoms with Gasteiger partial charge in [-0.2, -0.15) is 5.10 Å². The van der Waals surface area contributed by atoms with Gasteiger partial charge < -0.3 is 14.4 Å². The highest BCUT2D eigenvalue weighted by atomic mass is 16.6. The number of aromatic nitrogens is 2. The maximum atomic E-state index is 12.0. The van der Waals surface area contributed by atoms with Gasteiger partial charge >= 0.3 is 12.1 Å². The Bertz CT molecular complexity index is 530. The van der Waals surface area contributed by atoms with Crippen LogP contribution >= 0.6 is 0 Å². The first-order valence-electron chi connectivity index (χ1n) is 6.44. The molecule has 1 amide bonds. The van der Waals surface area contributed by atoms with Gasteiger partial charge in [-0.05, 0) is 27.2 Å². The van der Waals surface area contributed by atoms with Crippen molar-refractivity contribution in [2.45, 2.75) is 39.3 Å². The zero-order valence-electron chi connectivity index (χ0n) is 12.1. The number of H-pyrrole nitrogens is 1. The molecule has 1 N–H and O–H groups in total. The average molecular weight is 281 g/mol. The monoisotopic (exact) mass is 281 g/mol. The Hall–Kier alpha value is -2.05. The van der Waals surface area contributed by atoms with Gasteiger partial charge in [0.05, 0.1) is 19.3 Å². The highest BCUT2D eigenvalue weighted by Crippen LogP contribution is 2.22. The summed E-state index contributed by atoms with van der Waals surface area (Å²) >= 11 is 0. The van der Waals surface area contributed by atoms with Gasteiger partial charge in [-0.15, -0.1) is 0 Å². The van der Waals surface area contributed by atoms with Crippen molar-refractivity contribution in [1.82, 2.24) is 15.1 Å². The molecule has 0 radical (unpaired) electrons. The van der Waals surface area contributed by atoms with Crippen molar-refractivity contribution in [2.75, 3.05) is 13.7 Å². The maximum absolute atomic E-state index is 12.0. The first-order valence-corrected chi connectivity index (χ1v) is 6.44. The van der Waals surface area contributed by atoms with Crippen molar-refractivity contribution in [3.63, 3.8) is 0 Å². The number of ether oxygens (including phenoxy) is 2. The molecule has 0 bridgehead atoms. The lowest BCUT2D eigenvalue weighted by Gasteiger charge is -2.29. The van der Waals surface area contributed by atoms with Crippen LogP contribution in [0, 0.1) is 0 Å². The lowest BCUT2D eigenvalue weighted by atomic mass is 10.0. The number of carbonyl (C=O) groups is 2. The van der Waals surface area contributed by atoms with Crippen LogP contribution in [0.15, 0.2) is 0 Å². The minimum absolute atomic E-state index is 0.298. The summed E-state index contributed by atoms with van der Waals surface area (Å²) in [5.41, 5.74) is 1.34. The van der Waals surface area contributed by atoms with E-state index in [2.05, 4.69) is 14.9 Å². The average Bonchev–Trinajstić information content (AvgIpc) is 2.78. The highest BCUT2D eigenvalue weighted by molar-refractivity contribution is 5.89. The first-order chi connectivity index (χ1) is 9.31. The zero-order valence-corrected chi connectivity index (χ0v) is 12.1. The minimum atomic E-state index is -0.525. The Morgan fingerprint density at radius 1 is 1.35 bits per heavy atom.